The second kappa shape index (κ2) is 18.3. The lowest BCUT2D eigenvalue weighted by Gasteiger charge is -2.29. The summed E-state index contributed by atoms with van der Waals surface area (Å²) < 4.78 is 81.9. The molecule has 4 aliphatic rings. The molecule has 2 aliphatic heterocycles. The van der Waals surface area contributed by atoms with Gasteiger partial charge in [-0.2, -0.15) is 18.2 Å². The van der Waals surface area contributed by atoms with Gasteiger partial charge in [-0.3, -0.25) is 23.9 Å². The van der Waals surface area contributed by atoms with Gasteiger partial charge in [0.15, 0.2) is 17.4 Å². The predicted octanol–water partition coefficient (Wildman–Crippen LogP) is 9.59. The van der Waals surface area contributed by atoms with Crippen LogP contribution in [0.25, 0.3) is 33.5 Å². The van der Waals surface area contributed by atoms with Gasteiger partial charge in [0.1, 0.15) is 17.2 Å². The first-order chi connectivity index (χ1) is 32.0. The Morgan fingerprint density at radius 3 is 2.42 bits per heavy atom. The molecule has 0 radical (unpaired) electrons. The van der Waals surface area contributed by atoms with Crippen molar-refractivity contribution in [2.75, 3.05) is 6.54 Å². The molecule has 5 aromatic rings. The number of furan rings is 1. The number of sulfonamides is 1. The van der Waals surface area contributed by atoms with Crippen LogP contribution in [0.15, 0.2) is 89.4 Å². The highest BCUT2D eigenvalue weighted by Gasteiger charge is 2.61. The summed E-state index contributed by atoms with van der Waals surface area (Å²) in [6.07, 6.45) is 3.79. The van der Waals surface area contributed by atoms with Crippen LogP contribution in [0, 0.1) is 23.2 Å². The van der Waals surface area contributed by atoms with E-state index >= 15 is 4.79 Å². The average molecular weight is 939 g/mol. The maximum absolute atomic E-state index is 15.1. The molecule has 2 aromatic heterocycles. The fourth-order valence-corrected chi connectivity index (χ4v) is 11.0. The molecule has 0 spiro atoms. The fourth-order valence-electron chi connectivity index (χ4n) is 9.66. The molecule has 0 bridgehead atoms. The number of hydrogen-bond acceptors (Lipinski definition) is 10. The molecule has 2 saturated carbocycles. The molecule has 352 valence electrons. The van der Waals surface area contributed by atoms with Crippen LogP contribution in [0.5, 0.6) is 5.88 Å². The molecule has 2 amide bonds. The number of hydrogen-bond donors (Lipinski definition) is 1. The third-order valence-corrected chi connectivity index (χ3v) is 15.4. The number of ketones is 2. The molecule has 2 aliphatic carbocycles. The van der Waals surface area contributed by atoms with Gasteiger partial charge >= 0.3 is 6.18 Å². The van der Waals surface area contributed by atoms with Gasteiger partial charge in [-0.05, 0) is 86.6 Å². The summed E-state index contributed by atoms with van der Waals surface area (Å²) in [7, 11) is -3.92. The van der Waals surface area contributed by atoms with Gasteiger partial charge in [-0.15, -0.1) is 0 Å². The molecule has 3 fully saturated rings. The predicted molar refractivity (Wildman–Crippen MR) is 244 cm³/mol. The van der Waals surface area contributed by atoms with Gasteiger partial charge in [0.2, 0.25) is 27.4 Å². The van der Waals surface area contributed by atoms with Gasteiger partial charge < -0.3 is 14.1 Å². The van der Waals surface area contributed by atoms with Crippen LogP contribution in [-0.2, 0) is 37.0 Å². The Kier molecular flexibility index (Phi) is 12.6. The third-order valence-electron chi connectivity index (χ3n) is 13.6. The van der Waals surface area contributed by atoms with E-state index in [1.807, 2.05) is 38.1 Å². The number of aromatic nitrogens is 2. The molecule has 67 heavy (non-hydrogen) atoms. The van der Waals surface area contributed by atoms with Gasteiger partial charge in [0.25, 0.3) is 5.88 Å². The molecule has 9 rings (SSSR count). The maximum Gasteiger partial charge on any atom is 0.416 e. The number of amides is 2. The zero-order valence-corrected chi connectivity index (χ0v) is 38.2. The molecule has 4 heterocycles. The standard InChI is InChI=1S/C51H53F3N4O8S/c1-30(2)24-41(59)32-16-14-31(15-17-32)25-34-10-6-4-3-5-7-11-36-27-50(36,49(62)57-67(63,64)38-22-23-38)28-42(60)40-26-37(29-58(40)48(34)61)65-47-45-44(39-12-8-9-13-43(39)66-45)55-46(56-47)33-18-20-35(21-19-33)51(52,53)54/h7-9,11-21,30,34,36-38,40H,3-6,10,22-29H2,1-2H3,(H,57,62)/b11-7-/t34-,36+,37-,40+,50-/m1/s1. The van der Waals surface area contributed by atoms with Crippen molar-refractivity contribution in [3.05, 3.63) is 102 Å². The van der Waals surface area contributed by atoms with Crippen molar-refractivity contribution in [1.29, 1.82) is 0 Å². The van der Waals surface area contributed by atoms with Crippen LogP contribution in [-0.4, -0.2) is 70.6 Å². The molecule has 0 unspecified atom stereocenters. The smallest absolute Gasteiger partial charge is 0.416 e. The number of rotatable bonds is 11. The molecular weight excluding hydrogens is 886 g/mol. The van der Waals surface area contributed by atoms with Gasteiger partial charge in [0.05, 0.1) is 28.8 Å². The summed E-state index contributed by atoms with van der Waals surface area (Å²) in [5.41, 5.74) is 0.572. The van der Waals surface area contributed by atoms with E-state index in [0.717, 1.165) is 43.4 Å². The third kappa shape index (κ3) is 9.91. The molecule has 1 N–H and O–H groups in total. The van der Waals surface area contributed by atoms with Crippen molar-refractivity contribution in [2.24, 2.45) is 23.2 Å². The molecule has 1 saturated heterocycles. The second-order valence-corrected chi connectivity index (χ2v) is 21.1. The lowest BCUT2D eigenvalue weighted by Crippen LogP contribution is -2.46. The number of fused-ring (bicyclic) bond motifs is 5. The number of Topliss-reactive ketones (excluding diaryl/α,β-unsaturated/α-hetero) is 2. The zero-order valence-electron chi connectivity index (χ0n) is 37.4. The zero-order chi connectivity index (χ0) is 47.3. The van der Waals surface area contributed by atoms with Crippen molar-refractivity contribution in [3.63, 3.8) is 0 Å². The molecule has 12 nitrogen and oxygen atoms in total. The Labute approximate surface area is 386 Å². The Morgan fingerprint density at radius 1 is 0.955 bits per heavy atom. The minimum absolute atomic E-state index is 0.00384. The van der Waals surface area contributed by atoms with Crippen LogP contribution >= 0.6 is 0 Å². The van der Waals surface area contributed by atoms with Crippen LogP contribution in [0.1, 0.15) is 106 Å². The summed E-state index contributed by atoms with van der Waals surface area (Å²) in [6, 6.07) is 17.8. The summed E-state index contributed by atoms with van der Waals surface area (Å²) in [6.45, 7) is 3.92. The summed E-state index contributed by atoms with van der Waals surface area (Å²) in [5.74, 6) is -2.05. The Morgan fingerprint density at radius 2 is 1.70 bits per heavy atom. The minimum Gasteiger partial charge on any atom is -0.470 e. The normalized spacial score (nSPS) is 24.5. The topological polar surface area (TPSA) is 166 Å². The Balaban J connectivity index is 1.06. The van der Waals surface area contributed by atoms with E-state index in [1.165, 1.54) is 17.0 Å². The summed E-state index contributed by atoms with van der Waals surface area (Å²) in [4.78, 5) is 67.8. The first-order valence-corrected chi connectivity index (χ1v) is 24.8. The molecular formula is C51H53F3N4O8S. The van der Waals surface area contributed by atoms with Gasteiger partial charge in [-0.1, -0.05) is 87.4 Å². The number of allylic oxidation sites excluding steroid dienone is 2. The average Bonchev–Trinajstić information content (AvgIpc) is 4.19. The van der Waals surface area contributed by atoms with Crippen LogP contribution < -0.4 is 9.46 Å². The van der Waals surface area contributed by atoms with Crippen LogP contribution in [0.4, 0.5) is 13.2 Å². The van der Waals surface area contributed by atoms with E-state index in [-0.39, 0.29) is 72.2 Å². The highest BCUT2D eigenvalue weighted by atomic mass is 32.2. The fraction of sp³-hybridized carbons (Fsp3) is 0.451. The first kappa shape index (κ1) is 46.2. The summed E-state index contributed by atoms with van der Waals surface area (Å²) >= 11 is 0. The number of nitrogens with zero attached hydrogens (tertiary/aromatic N) is 3. The van der Waals surface area contributed by atoms with Crippen LogP contribution in [0.2, 0.25) is 0 Å². The number of carbonyl (C=O) groups is 4. The molecule has 16 heteroatoms. The largest absolute Gasteiger partial charge is 0.470 e. The van der Waals surface area contributed by atoms with E-state index < -0.39 is 62.2 Å². The van der Waals surface area contributed by atoms with Gasteiger partial charge in [0, 0.05) is 41.7 Å². The lowest BCUT2D eigenvalue weighted by atomic mass is 9.89. The number of nitrogens with one attached hydrogen (secondary N) is 1. The number of ether oxygens (including phenoxy) is 1. The van der Waals surface area contributed by atoms with Crippen molar-refractivity contribution in [3.8, 4) is 17.3 Å². The lowest BCUT2D eigenvalue weighted by molar-refractivity contribution is -0.142. The summed E-state index contributed by atoms with van der Waals surface area (Å²) in [5, 5.41) is -0.0318. The maximum atomic E-state index is 15.1. The number of alkyl halides is 3. The van der Waals surface area contributed by atoms with Crippen molar-refractivity contribution >= 4 is 55.5 Å². The highest BCUT2D eigenvalue weighted by molar-refractivity contribution is 7.90. The van der Waals surface area contributed by atoms with Crippen molar-refractivity contribution in [2.45, 2.75) is 114 Å². The van der Waals surface area contributed by atoms with Crippen LogP contribution in [0.3, 0.4) is 0 Å². The molecule has 3 aromatic carbocycles. The van der Waals surface area contributed by atoms with E-state index in [4.69, 9.17) is 14.1 Å². The molecule has 5 atom stereocenters. The van der Waals surface area contributed by atoms with Crippen molar-refractivity contribution < 1.29 is 49.9 Å². The number of benzene rings is 3. The highest BCUT2D eigenvalue weighted by Crippen LogP contribution is 2.57. The minimum atomic E-state index is -4.56. The Hall–Kier alpha value is -5.90. The number of carbonyl (C=O) groups excluding carboxylic acids is 4. The van der Waals surface area contributed by atoms with E-state index in [9.17, 15) is 36.0 Å². The second-order valence-electron chi connectivity index (χ2n) is 19.2. The SMILES string of the molecule is CC(C)CC(=O)c1ccc(C[C@H]2CCCCC/C=C\[C@H]3C[C@@]3(C(=O)NS(=O)(=O)C3CC3)CC(=O)[C@@H]3C[C@@H](Oc4nc(-c5ccc(C(F)(F)F)cc5)nc5c4oc4ccccc45)CN3C2=O)cc1. The van der Waals surface area contributed by atoms with Crippen molar-refractivity contribution in [1.82, 2.24) is 19.6 Å². The quantitative estimate of drug-likeness (QED) is 0.0996. The van der Waals surface area contributed by atoms with E-state index in [0.29, 0.717) is 54.2 Å². The Bertz CT molecular complexity index is 2860. The number of halogens is 3. The monoisotopic (exact) mass is 938 g/mol. The van der Waals surface area contributed by atoms with E-state index in [1.54, 1.807) is 36.4 Å². The van der Waals surface area contributed by atoms with Gasteiger partial charge in [-0.25, -0.2) is 13.4 Å². The van der Waals surface area contributed by atoms with E-state index in [2.05, 4.69) is 9.71 Å². The number of para-hydroxylation sites is 1. The first-order valence-electron chi connectivity index (χ1n) is 23.2.